The molecule has 18 heavy (non-hydrogen) atoms. The largest absolute Gasteiger partial charge is 0.466 e. The van der Waals surface area contributed by atoms with Crippen LogP contribution >= 0.6 is 0 Å². The van der Waals surface area contributed by atoms with E-state index in [2.05, 4.69) is 4.74 Å². The van der Waals surface area contributed by atoms with Crippen LogP contribution in [-0.2, 0) is 14.3 Å². The number of carbonyl (C=O) groups excluding carboxylic acids is 2. The summed E-state index contributed by atoms with van der Waals surface area (Å²) in [5.74, 6) is -1.62. The average molecular weight is 249 g/mol. The lowest BCUT2D eigenvalue weighted by atomic mass is 10.1. The Morgan fingerprint density at radius 3 is 2.83 bits per heavy atom. The molecular weight excluding hydrogens is 242 g/mol. The molecule has 7 heteroatoms. The smallest absolute Gasteiger partial charge is 0.351 e. The normalized spacial score (nSPS) is 15.2. The number of benzene rings is 1. The molecular formula is C11H7NO6. The van der Waals surface area contributed by atoms with E-state index in [4.69, 9.17) is 4.74 Å². The fourth-order valence-electron chi connectivity index (χ4n) is 1.59. The minimum absolute atomic E-state index is 0.0504. The first-order valence-corrected chi connectivity index (χ1v) is 4.84. The van der Waals surface area contributed by atoms with Gasteiger partial charge in [-0.15, -0.1) is 0 Å². The van der Waals surface area contributed by atoms with Gasteiger partial charge in [-0.3, -0.25) is 10.1 Å². The monoisotopic (exact) mass is 249 g/mol. The molecule has 0 atom stereocenters. The van der Waals surface area contributed by atoms with Gasteiger partial charge in [0.1, 0.15) is 11.3 Å². The second-order valence-electron chi connectivity index (χ2n) is 3.38. The lowest BCUT2D eigenvalue weighted by Gasteiger charge is -1.97. The number of hydrogen-bond donors (Lipinski definition) is 0. The van der Waals surface area contributed by atoms with E-state index in [1.54, 1.807) is 0 Å². The van der Waals surface area contributed by atoms with Gasteiger partial charge in [0.15, 0.2) is 0 Å². The number of hydrogen-bond acceptors (Lipinski definition) is 6. The molecule has 0 fully saturated rings. The number of nitro benzene ring substituents is 1. The van der Waals surface area contributed by atoms with Gasteiger partial charge < -0.3 is 9.47 Å². The molecule has 0 aliphatic carbocycles. The molecule has 0 spiro atoms. The van der Waals surface area contributed by atoms with Gasteiger partial charge in [-0.2, -0.15) is 0 Å². The zero-order chi connectivity index (χ0) is 13.3. The van der Waals surface area contributed by atoms with Crippen molar-refractivity contribution in [2.45, 2.75) is 0 Å². The molecule has 1 heterocycles. The Morgan fingerprint density at radius 1 is 1.50 bits per heavy atom. The highest BCUT2D eigenvalue weighted by Crippen LogP contribution is 2.35. The summed E-state index contributed by atoms with van der Waals surface area (Å²) in [5.41, 5.74) is -0.303. The number of carbonyl (C=O) groups is 2. The molecule has 92 valence electrons. The van der Waals surface area contributed by atoms with E-state index in [1.165, 1.54) is 25.3 Å². The Morgan fingerprint density at radius 2 is 2.22 bits per heavy atom. The first-order valence-electron chi connectivity index (χ1n) is 4.84. The summed E-state index contributed by atoms with van der Waals surface area (Å²) in [5, 5.41) is 10.8. The van der Waals surface area contributed by atoms with E-state index in [9.17, 15) is 19.7 Å². The minimum Gasteiger partial charge on any atom is -0.466 e. The first kappa shape index (κ1) is 11.8. The van der Waals surface area contributed by atoms with Crippen molar-refractivity contribution in [2.24, 2.45) is 0 Å². The summed E-state index contributed by atoms with van der Waals surface area (Å²) >= 11 is 0. The quantitative estimate of drug-likeness (QED) is 0.339. The zero-order valence-corrected chi connectivity index (χ0v) is 9.21. The van der Waals surface area contributed by atoms with Gasteiger partial charge >= 0.3 is 11.9 Å². The maximum Gasteiger partial charge on any atom is 0.351 e. The van der Waals surface area contributed by atoms with Crippen molar-refractivity contribution in [1.82, 2.24) is 0 Å². The maximum absolute atomic E-state index is 11.6. The third-order valence-corrected chi connectivity index (χ3v) is 2.36. The van der Waals surface area contributed by atoms with Crippen LogP contribution in [0.5, 0.6) is 0 Å². The maximum atomic E-state index is 11.6. The molecule has 1 aromatic rings. The van der Waals surface area contributed by atoms with Crippen LogP contribution in [-0.4, -0.2) is 24.0 Å². The van der Waals surface area contributed by atoms with Crippen molar-refractivity contribution in [1.29, 1.82) is 0 Å². The number of cyclic esters (lactones) is 1. The van der Waals surface area contributed by atoms with Crippen molar-refractivity contribution in [2.75, 3.05) is 7.11 Å². The fourth-order valence-corrected chi connectivity index (χ4v) is 1.59. The Balaban J connectivity index is 2.58. The van der Waals surface area contributed by atoms with Gasteiger partial charge in [-0.25, -0.2) is 9.59 Å². The average Bonchev–Trinajstić information content (AvgIpc) is 2.66. The summed E-state index contributed by atoms with van der Waals surface area (Å²) in [7, 11) is 1.17. The second-order valence-corrected chi connectivity index (χ2v) is 3.38. The number of methoxy groups -OCH3 is 1. The Bertz CT molecular complexity index is 589. The highest BCUT2D eigenvalue weighted by Gasteiger charge is 2.34. The van der Waals surface area contributed by atoms with Crippen LogP contribution in [0.1, 0.15) is 15.9 Å². The van der Waals surface area contributed by atoms with Gasteiger partial charge in [0.2, 0.25) is 0 Å². The lowest BCUT2D eigenvalue weighted by molar-refractivity contribution is -0.385. The topological polar surface area (TPSA) is 95.7 Å². The van der Waals surface area contributed by atoms with Crippen LogP contribution in [0.4, 0.5) is 5.69 Å². The molecule has 0 N–H and O–H groups in total. The van der Waals surface area contributed by atoms with E-state index < -0.39 is 16.9 Å². The second kappa shape index (κ2) is 4.28. The molecule has 7 nitrogen and oxygen atoms in total. The van der Waals surface area contributed by atoms with Crippen molar-refractivity contribution >= 4 is 23.4 Å². The minimum atomic E-state index is -0.854. The van der Waals surface area contributed by atoms with Crippen molar-refractivity contribution < 1.29 is 24.0 Å². The Kier molecular flexibility index (Phi) is 2.80. The molecule has 0 amide bonds. The lowest BCUT2D eigenvalue weighted by Crippen LogP contribution is -2.00. The fraction of sp³-hybridized carbons (Fsp3) is 0.0909. The first-order chi connectivity index (χ1) is 8.54. The summed E-state index contributed by atoms with van der Waals surface area (Å²) in [4.78, 5) is 32.7. The number of esters is 2. The SMILES string of the molecule is COC(=O)/C=C1\OC(=O)c2c1cccc2[N+](=O)[O-]. The number of nitro groups is 1. The third-order valence-electron chi connectivity index (χ3n) is 2.36. The van der Waals surface area contributed by atoms with Crippen LogP contribution in [0, 0.1) is 10.1 Å². The number of rotatable bonds is 2. The summed E-state index contributed by atoms with van der Waals surface area (Å²) in [6.07, 6.45) is 0.966. The van der Waals surface area contributed by atoms with Gasteiger partial charge in [0.05, 0.1) is 18.1 Å². The van der Waals surface area contributed by atoms with Gasteiger partial charge in [-0.1, -0.05) is 6.07 Å². The molecule has 0 saturated carbocycles. The Labute approximate surface area is 101 Å². The molecule has 0 radical (unpaired) electrons. The summed E-state index contributed by atoms with van der Waals surface area (Å²) in [6, 6.07) is 4.06. The summed E-state index contributed by atoms with van der Waals surface area (Å²) < 4.78 is 9.21. The summed E-state index contributed by atoms with van der Waals surface area (Å²) in [6.45, 7) is 0. The van der Waals surface area contributed by atoms with Gasteiger partial charge in [0, 0.05) is 11.6 Å². The van der Waals surface area contributed by atoms with Crippen molar-refractivity contribution in [3.05, 3.63) is 45.5 Å². The van der Waals surface area contributed by atoms with Crippen molar-refractivity contribution in [3.63, 3.8) is 0 Å². The molecule has 0 aromatic heterocycles. The molecule has 1 aliphatic rings. The predicted octanol–water partition coefficient (Wildman–Crippen LogP) is 1.28. The molecule has 2 rings (SSSR count). The molecule has 1 aliphatic heterocycles. The Hall–Kier alpha value is -2.70. The van der Waals surface area contributed by atoms with Crippen LogP contribution in [0.2, 0.25) is 0 Å². The van der Waals surface area contributed by atoms with E-state index in [0.717, 1.165) is 6.08 Å². The number of fused-ring (bicyclic) bond motifs is 1. The molecule has 0 unspecified atom stereocenters. The molecule has 1 aromatic carbocycles. The van der Waals surface area contributed by atoms with Gasteiger partial charge in [-0.05, 0) is 6.07 Å². The molecule has 0 bridgehead atoms. The van der Waals surface area contributed by atoms with E-state index in [1.807, 2.05) is 0 Å². The van der Waals surface area contributed by atoms with Crippen molar-refractivity contribution in [3.8, 4) is 0 Å². The number of ether oxygens (including phenoxy) is 2. The predicted molar refractivity (Wildman–Crippen MR) is 58.5 cm³/mol. The highest BCUT2D eigenvalue weighted by atomic mass is 16.6. The van der Waals surface area contributed by atoms with Crippen LogP contribution in [0.25, 0.3) is 5.76 Å². The zero-order valence-electron chi connectivity index (χ0n) is 9.21. The van der Waals surface area contributed by atoms with Crippen LogP contribution in [0.3, 0.4) is 0 Å². The van der Waals surface area contributed by atoms with E-state index in [0.29, 0.717) is 0 Å². The standard InChI is InChI=1S/C11H7NO6/c1-17-9(13)5-8-6-3-2-4-7(12(15)16)10(6)11(14)18-8/h2-5H,1H3/b8-5-. The van der Waals surface area contributed by atoms with E-state index in [-0.39, 0.29) is 22.6 Å². The van der Waals surface area contributed by atoms with E-state index >= 15 is 0 Å². The highest BCUT2D eigenvalue weighted by molar-refractivity contribution is 6.08. The molecule has 0 saturated heterocycles. The number of nitrogens with zero attached hydrogens (tertiary/aromatic N) is 1. The third kappa shape index (κ3) is 1.81. The van der Waals surface area contributed by atoms with Gasteiger partial charge in [0.25, 0.3) is 5.69 Å². The van der Waals surface area contributed by atoms with Crippen LogP contribution < -0.4 is 0 Å². The van der Waals surface area contributed by atoms with Crippen LogP contribution in [0.15, 0.2) is 24.3 Å².